The molecule has 0 saturated carbocycles. The van der Waals surface area contributed by atoms with Gasteiger partial charge in [-0.25, -0.2) is 9.67 Å². The van der Waals surface area contributed by atoms with E-state index in [1.165, 1.54) is 0 Å². The normalized spacial score (nSPS) is 14.6. The number of fused-ring (bicyclic) bond motifs is 1. The first kappa shape index (κ1) is 16.7. The number of carbonyl (C=O) groups is 1. The van der Waals surface area contributed by atoms with Gasteiger partial charge in [0.25, 0.3) is 0 Å². The van der Waals surface area contributed by atoms with Crippen LogP contribution in [0.4, 0.5) is 0 Å². The second-order valence-electron chi connectivity index (χ2n) is 6.33. The van der Waals surface area contributed by atoms with Gasteiger partial charge in [-0.15, -0.1) is 16.4 Å². The number of hydrogen-bond acceptors (Lipinski definition) is 5. The summed E-state index contributed by atoms with van der Waals surface area (Å²) in [6.07, 6.45) is 8.07. The van der Waals surface area contributed by atoms with Crippen molar-refractivity contribution in [1.82, 2.24) is 29.4 Å². The van der Waals surface area contributed by atoms with Crippen molar-refractivity contribution >= 4 is 23.3 Å². The van der Waals surface area contributed by atoms with Crippen LogP contribution < -0.4 is 0 Å². The molecule has 1 aliphatic rings. The molecule has 3 aromatic rings. The molecule has 3 aromatic heterocycles. The van der Waals surface area contributed by atoms with Gasteiger partial charge < -0.3 is 9.47 Å². The van der Waals surface area contributed by atoms with E-state index in [0.29, 0.717) is 13.1 Å². The Kier molecular flexibility index (Phi) is 4.66. The summed E-state index contributed by atoms with van der Waals surface area (Å²) in [6, 6.07) is 3.99. The highest BCUT2D eigenvalue weighted by atomic mass is 32.1. The largest absolute Gasteiger partial charge is 0.333 e. The van der Waals surface area contributed by atoms with Gasteiger partial charge in [0.15, 0.2) is 0 Å². The first-order valence-corrected chi connectivity index (χ1v) is 9.47. The molecule has 134 valence electrons. The highest BCUT2D eigenvalue weighted by Crippen LogP contribution is 2.18. The molecule has 0 N–H and O–H groups in total. The third-order valence-electron chi connectivity index (χ3n) is 4.56. The molecule has 7 nitrogen and oxygen atoms in total. The van der Waals surface area contributed by atoms with E-state index in [9.17, 15) is 4.79 Å². The molecule has 8 heteroatoms. The Morgan fingerprint density at radius 1 is 1.38 bits per heavy atom. The summed E-state index contributed by atoms with van der Waals surface area (Å²) < 4.78 is 3.98. The molecule has 1 amide bonds. The molecular weight excluding hydrogens is 348 g/mol. The van der Waals surface area contributed by atoms with Crippen LogP contribution in [-0.2, 0) is 24.4 Å². The molecule has 0 fully saturated rings. The average Bonchev–Trinajstić information content (AvgIpc) is 3.34. The molecule has 1 aliphatic heterocycles. The Morgan fingerprint density at radius 3 is 3.08 bits per heavy atom. The maximum absolute atomic E-state index is 12.6. The van der Waals surface area contributed by atoms with E-state index in [0.717, 1.165) is 41.5 Å². The van der Waals surface area contributed by atoms with Crippen molar-refractivity contribution < 1.29 is 4.79 Å². The van der Waals surface area contributed by atoms with Crippen LogP contribution >= 0.6 is 11.3 Å². The summed E-state index contributed by atoms with van der Waals surface area (Å²) in [5.74, 6) is 0.0379. The van der Waals surface area contributed by atoms with Crippen LogP contribution in [-0.4, -0.2) is 41.9 Å². The van der Waals surface area contributed by atoms with Crippen molar-refractivity contribution in [2.24, 2.45) is 0 Å². The van der Waals surface area contributed by atoms with E-state index in [1.807, 2.05) is 46.4 Å². The minimum absolute atomic E-state index is 0.0379. The van der Waals surface area contributed by atoms with Crippen LogP contribution in [0.3, 0.4) is 0 Å². The van der Waals surface area contributed by atoms with Crippen molar-refractivity contribution in [2.45, 2.75) is 33.0 Å². The van der Waals surface area contributed by atoms with Crippen LogP contribution in [0, 0.1) is 6.92 Å². The fourth-order valence-corrected chi connectivity index (χ4v) is 3.71. The highest BCUT2D eigenvalue weighted by molar-refractivity contribution is 7.10. The Hall–Kier alpha value is -2.74. The number of carbonyl (C=O) groups excluding carboxylic acids is 1. The quantitative estimate of drug-likeness (QED) is 0.663. The number of thiophene rings is 1. The van der Waals surface area contributed by atoms with Gasteiger partial charge in [-0.2, -0.15) is 0 Å². The van der Waals surface area contributed by atoms with E-state index in [4.69, 9.17) is 0 Å². The summed E-state index contributed by atoms with van der Waals surface area (Å²) in [7, 11) is 0. The number of rotatable bonds is 4. The Labute approximate surface area is 155 Å². The standard InChI is InChI=1S/C18H20N6OS/c1-14-10-20-21-24(14)11-16-17-12-22(7-3-8-23(17)13-19-16)18(25)6-5-15-4-2-9-26-15/h2,4-6,9-10,13H,3,7-8,11-12H2,1H3/b6-5+. The molecular formula is C18H20N6OS. The van der Waals surface area contributed by atoms with Gasteiger partial charge in [0.1, 0.15) is 0 Å². The first-order chi connectivity index (χ1) is 12.7. The minimum Gasteiger partial charge on any atom is -0.333 e. The van der Waals surface area contributed by atoms with Crippen LogP contribution in [0.1, 0.15) is 28.4 Å². The Balaban J connectivity index is 1.53. The second kappa shape index (κ2) is 7.25. The SMILES string of the molecule is Cc1cnnn1Cc1ncn2c1CN(C(=O)/C=C/c1cccs1)CCC2. The third-order valence-corrected chi connectivity index (χ3v) is 5.39. The molecule has 0 aromatic carbocycles. The molecule has 0 radical (unpaired) electrons. The van der Waals surface area contributed by atoms with Crippen molar-refractivity contribution in [2.75, 3.05) is 6.54 Å². The summed E-state index contributed by atoms with van der Waals surface area (Å²) in [6.45, 7) is 4.73. The second-order valence-corrected chi connectivity index (χ2v) is 7.31. The lowest BCUT2D eigenvalue weighted by atomic mass is 10.2. The van der Waals surface area contributed by atoms with Crippen molar-refractivity contribution in [1.29, 1.82) is 0 Å². The number of aryl methyl sites for hydroxylation is 2. The number of amides is 1. The van der Waals surface area contributed by atoms with Crippen LogP contribution in [0.5, 0.6) is 0 Å². The van der Waals surface area contributed by atoms with Crippen molar-refractivity contribution in [3.8, 4) is 0 Å². The van der Waals surface area contributed by atoms with E-state index < -0.39 is 0 Å². The van der Waals surface area contributed by atoms with Gasteiger partial charge in [0.05, 0.1) is 42.7 Å². The first-order valence-electron chi connectivity index (χ1n) is 8.59. The van der Waals surface area contributed by atoms with Gasteiger partial charge in [0, 0.05) is 24.0 Å². The van der Waals surface area contributed by atoms with E-state index >= 15 is 0 Å². The predicted molar refractivity (Wildman–Crippen MR) is 99.5 cm³/mol. The van der Waals surface area contributed by atoms with Gasteiger partial charge in [-0.05, 0) is 30.9 Å². The minimum atomic E-state index is 0.0379. The van der Waals surface area contributed by atoms with Crippen molar-refractivity contribution in [3.63, 3.8) is 0 Å². The maximum Gasteiger partial charge on any atom is 0.246 e. The monoisotopic (exact) mass is 368 g/mol. The predicted octanol–water partition coefficient (Wildman–Crippen LogP) is 2.34. The fraction of sp³-hybridized carbons (Fsp3) is 0.333. The topological polar surface area (TPSA) is 68.8 Å². The molecule has 0 spiro atoms. The van der Waals surface area contributed by atoms with Gasteiger partial charge >= 0.3 is 0 Å². The third kappa shape index (κ3) is 3.45. The van der Waals surface area contributed by atoms with E-state index in [-0.39, 0.29) is 5.91 Å². The lowest BCUT2D eigenvalue weighted by Gasteiger charge is -2.19. The van der Waals surface area contributed by atoms with Crippen LogP contribution in [0.2, 0.25) is 0 Å². The number of hydrogen-bond donors (Lipinski definition) is 0. The molecule has 0 unspecified atom stereocenters. The zero-order valence-electron chi connectivity index (χ0n) is 14.6. The Bertz CT molecular complexity index is 924. The van der Waals surface area contributed by atoms with E-state index in [2.05, 4.69) is 19.9 Å². The molecule has 4 heterocycles. The average molecular weight is 368 g/mol. The van der Waals surface area contributed by atoms with Crippen molar-refractivity contribution in [3.05, 3.63) is 58.1 Å². The fourth-order valence-electron chi connectivity index (χ4n) is 3.09. The summed E-state index contributed by atoms with van der Waals surface area (Å²) in [4.78, 5) is 20.2. The molecule has 0 bridgehead atoms. The van der Waals surface area contributed by atoms with Gasteiger partial charge in [-0.3, -0.25) is 4.79 Å². The molecule has 26 heavy (non-hydrogen) atoms. The lowest BCUT2D eigenvalue weighted by molar-refractivity contribution is -0.126. The number of nitrogens with zero attached hydrogens (tertiary/aromatic N) is 6. The summed E-state index contributed by atoms with van der Waals surface area (Å²) in [5, 5.41) is 10.0. The number of imidazole rings is 1. The number of aromatic nitrogens is 5. The summed E-state index contributed by atoms with van der Waals surface area (Å²) >= 11 is 1.62. The van der Waals surface area contributed by atoms with Crippen LogP contribution in [0.15, 0.2) is 36.1 Å². The highest BCUT2D eigenvalue weighted by Gasteiger charge is 2.21. The van der Waals surface area contributed by atoms with Gasteiger partial charge in [-0.1, -0.05) is 11.3 Å². The van der Waals surface area contributed by atoms with Crippen LogP contribution in [0.25, 0.3) is 6.08 Å². The molecule has 0 aliphatic carbocycles. The van der Waals surface area contributed by atoms with E-state index in [1.54, 1.807) is 23.6 Å². The smallest absolute Gasteiger partial charge is 0.246 e. The lowest BCUT2D eigenvalue weighted by Crippen LogP contribution is -2.29. The molecule has 0 atom stereocenters. The Morgan fingerprint density at radius 2 is 2.31 bits per heavy atom. The maximum atomic E-state index is 12.6. The molecule has 0 saturated heterocycles. The zero-order chi connectivity index (χ0) is 17.9. The molecule has 4 rings (SSSR count). The zero-order valence-corrected chi connectivity index (χ0v) is 15.4. The van der Waals surface area contributed by atoms with Gasteiger partial charge in [0.2, 0.25) is 5.91 Å². The summed E-state index contributed by atoms with van der Waals surface area (Å²) in [5.41, 5.74) is 3.02.